The van der Waals surface area contributed by atoms with Gasteiger partial charge in [-0.05, 0) is 50.6 Å². The van der Waals surface area contributed by atoms with Gasteiger partial charge in [0.2, 0.25) is 0 Å². The number of fused-ring (bicyclic) bond motifs is 1. The van der Waals surface area contributed by atoms with Gasteiger partial charge in [0.15, 0.2) is 5.78 Å². The Bertz CT molecular complexity index is 1560. The van der Waals surface area contributed by atoms with Crippen LogP contribution in [-0.4, -0.2) is 62.8 Å². The lowest BCUT2D eigenvalue weighted by molar-refractivity contribution is 0.0991. The average molecular weight is 538 g/mol. The van der Waals surface area contributed by atoms with Crippen LogP contribution in [0.5, 0.6) is 0 Å². The summed E-state index contributed by atoms with van der Waals surface area (Å²) in [5.74, 6) is 6.39. The van der Waals surface area contributed by atoms with Crippen LogP contribution in [0.3, 0.4) is 0 Å². The van der Waals surface area contributed by atoms with Gasteiger partial charge in [0.05, 0.1) is 17.5 Å². The molecule has 1 aromatic carbocycles. The van der Waals surface area contributed by atoms with E-state index < -0.39 is 0 Å². The summed E-state index contributed by atoms with van der Waals surface area (Å²) >= 11 is 6.63. The molecule has 6 nitrogen and oxygen atoms in total. The number of pyridine rings is 3. The number of hydrogen-bond acceptors (Lipinski definition) is 6. The number of aryl methyl sites for hydroxylation is 1. The summed E-state index contributed by atoms with van der Waals surface area (Å²) in [5.41, 5.74) is 5.63. The van der Waals surface area contributed by atoms with Crippen molar-refractivity contribution in [2.45, 2.75) is 39.8 Å². The Morgan fingerprint density at radius 1 is 1.00 bits per heavy atom. The van der Waals surface area contributed by atoms with Gasteiger partial charge in [-0.3, -0.25) is 29.5 Å². The van der Waals surface area contributed by atoms with E-state index in [9.17, 15) is 4.79 Å². The normalized spacial score (nSPS) is 14.4. The number of rotatable bonds is 6. The van der Waals surface area contributed by atoms with E-state index in [1.165, 1.54) is 0 Å². The number of aromatic nitrogens is 3. The van der Waals surface area contributed by atoms with Crippen molar-refractivity contribution in [3.63, 3.8) is 0 Å². The first kappa shape index (κ1) is 27.0. The van der Waals surface area contributed by atoms with Crippen molar-refractivity contribution in [1.82, 2.24) is 24.8 Å². The Balaban J connectivity index is 1.27. The fourth-order valence-electron chi connectivity index (χ4n) is 4.81. The predicted octanol–water partition coefficient (Wildman–Crippen LogP) is 5.34. The zero-order valence-electron chi connectivity index (χ0n) is 22.6. The van der Waals surface area contributed by atoms with Gasteiger partial charge in [-0.2, -0.15) is 0 Å². The molecule has 1 saturated heterocycles. The molecule has 0 N–H and O–H groups in total. The van der Waals surface area contributed by atoms with Crippen molar-refractivity contribution in [3.8, 4) is 11.8 Å². The first-order valence-corrected chi connectivity index (χ1v) is 13.7. The summed E-state index contributed by atoms with van der Waals surface area (Å²) in [5, 5.41) is 1.60. The van der Waals surface area contributed by atoms with Crippen LogP contribution in [-0.2, 0) is 13.0 Å². The molecule has 1 aliphatic heterocycles. The van der Waals surface area contributed by atoms with E-state index in [1.807, 2.05) is 49.5 Å². The molecular formula is C32H32ClN5O. The van der Waals surface area contributed by atoms with Crippen LogP contribution in [0.2, 0.25) is 5.02 Å². The number of benzene rings is 1. The molecule has 3 aromatic heterocycles. The van der Waals surface area contributed by atoms with E-state index in [2.05, 4.69) is 50.4 Å². The zero-order valence-corrected chi connectivity index (χ0v) is 23.4. The highest BCUT2D eigenvalue weighted by Crippen LogP contribution is 2.21. The predicted molar refractivity (Wildman–Crippen MR) is 156 cm³/mol. The van der Waals surface area contributed by atoms with Gasteiger partial charge in [0.25, 0.3) is 0 Å². The van der Waals surface area contributed by atoms with E-state index in [4.69, 9.17) is 11.6 Å². The maximum atomic E-state index is 13.2. The summed E-state index contributed by atoms with van der Waals surface area (Å²) in [4.78, 5) is 31.4. The summed E-state index contributed by atoms with van der Waals surface area (Å²) < 4.78 is 0. The van der Waals surface area contributed by atoms with E-state index in [-0.39, 0.29) is 12.2 Å². The van der Waals surface area contributed by atoms with Crippen molar-refractivity contribution in [3.05, 3.63) is 99.7 Å². The number of hydrogen-bond donors (Lipinski definition) is 0. The van der Waals surface area contributed by atoms with E-state index in [0.29, 0.717) is 22.3 Å². The van der Waals surface area contributed by atoms with Crippen molar-refractivity contribution in [1.29, 1.82) is 0 Å². The van der Waals surface area contributed by atoms with E-state index in [1.54, 1.807) is 18.6 Å². The Kier molecular flexibility index (Phi) is 8.33. The first-order chi connectivity index (χ1) is 18.9. The highest BCUT2D eigenvalue weighted by molar-refractivity contribution is 6.31. The van der Waals surface area contributed by atoms with E-state index in [0.717, 1.165) is 65.9 Å². The van der Waals surface area contributed by atoms with Crippen LogP contribution in [0.25, 0.3) is 10.9 Å². The van der Waals surface area contributed by atoms with Crippen molar-refractivity contribution < 1.29 is 4.79 Å². The van der Waals surface area contributed by atoms with Gasteiger partial charge in [0, 0.05) is 96.3 Å². The lowest BCUT2D eigenvalue weighted by Gasteiger charge is -2.37. The number of ketones is 1. The molecule has 0 spiro atoms. The summed E-state index contributed by atoms with van der Waals surface area (Å²) in [6.45, 7) is 11.4. The monoisotopic (exact) mass is 537 g/mol. The molecule has 0 amide bonds. The quantitative estimate of drug-likeness (QED) is 0.244. The molecule has 0 bridgehead atoms. The highest BCUT2D eigenvalue weighted by Gasteiger charge is 2.20. The highest BCUT2D eigenvalue weighted by atomic mass is 35.5. The molecule has 5 rings (SSSR count). The molecular weight excluding hydrogens is 506 g/mol. The molecule has 4 heterocycles. The van der Waals surface area contributed by atoms with Gasteiger partial charge in [-0.1, -0.05) is 35.6 Å². The van der Waals surface area contributed by atoms with Gasteiger partial charge < -0.3 is 0 Å². The van der Waals surface area contributed by atoms with Crippen LogP contribution in [0, 0.1) is 18.8 Å². The Morgan fingerprint density at radius 2 is 1.79 bits per heavy atom. The van der Waals surface area contributed by atoms with Gasteiger partial charge >= 0.3 is 0 Å². The third-order valence-corrected chi connectivity index (χ3v) is 7.61. The molecule has 7 heteroatoms. The Morgan fingerprint density at radius 3 is 2.56 bits per heavy atom. The third-order valence-electron chi connectivity index (χ3n) is 7.26. The zero-order chi connectivity index (χ0) is 27.4. The number of carbonyl (C=O) groups excluding carboxylic acids is 1. The van der Waals surface area contributed by atoms with Gasteiger partial charge in [-0.15, -0.1) is 0 Å². The molecule has 1 aliphatic rings. The van der Waals surface area contributed by atoms with Gasteiger partial charge in [0.1, 0.15) is 0 Å². The lowest BCUT2D eigenvalue weighted by atomic mass is 10.00. The molecule has 0 unspecified atom stereocenters. The second-order valence-corrected chi connectivity index (χ2v) is 10.7. The molecule has 0 atom stereocenters. The molecule has 0 aliphatic carbocycles. The van der Waals surface area contributed by atoms with Crippen LogP contribution in [0.15, 0.2) is 61.2 Å². The lowest BCUT2D eigenvalue weighted by Crippen LogP contribution is -2.48. The van der Waals surface area contributed by atoms with Crippen LogP contribution in [0.4, 0.5) is 0 Å². The van der Waals surface area contributed by atoms with E-state index >= 15 is 0 Å². The van der Waals surface area contributed by atoms with Crippen LogP contribution < -0.4 is 0 Å². The number of halogens is 1. The second-order valence-electron chi connectivity index (χ2n) is 10.3. The average Bonchev–Trinajstić information content (AvgIpc) is 2.94. The standard InChI is InChI=1S/C32H32ClN5O/c1-22(2)38-13-11-37(12-14-38)21-28-20-36-29(16-30(28)33)17-31(39)25-7-6-23(3)24(15-25)8-9-27-19-34-18-26-5-4-10-35-32(26)27/h4-7,10,15-16,18-20,22H,11-14,17,21H2,1-3H3. The van der Waals surface area contributed by atoms with Crippen LogP contribution in [0.1, 0.15) is 52.2 Å². The Labute approximate surface area is 235 Å². The number of piperazine rings is 1. The molecule has 0 radical (unpaired) electrons. The molecule has 0 saturated carbocycles. The Hall–Kier alpha value is -3.63. The summed E-state index contributed by atoms with van der Waals surface area (Å²) in [7, 11) is 0. The van der Waals surface area contributed by atoms with Crippen LogP contribution >= 0.6 is 11.6 Å². The maximum absolute atomic E-state index is 13.2. The van der Waals surface area contributed by atoms with Crippen molar-refractivity contribution in [2.24, 2.45) is 0 Å². The number of Topliss-reactive ketones (excluding diaryl/α,β-unsaturated/α-hetero) is 1. The minimum absolute atomic E-state index is 0.0207. The largest absolute Gasteiger partial charge is 0.298 e. The fraction of sp³-hybridized carbons (Fsp3) is 0.312. The van der Waals surface area contributed by atoms with Crippen molar-refractivity contribution >= 4 is 28.3 Å². The minimum atomic E-state index is -0.0207. The SMILES string of the molecule is Cc1ccc(C(=O)Cc2cc(Cl)c(CN3CCN(C(C)C)CC3)cn2)cc1C#Cc1cncc2cccnc12. The first-order valence-electron chi connectivity index (χ1n) is 13.3. The summed E-state index contributed by atoms with van der Waals surface area (Å²) in [6.07, 6.45) is 7.24. The summed E-state index contributed by atoms with van der Waals surface area (Å²) in [6, 6.07) is 11.9. The second kappa shape index (κ2) is 12.0. The molecule has 39 heavy (non-hydrogen) atoms. The smallest absolute Gasteiger partial charge is 0.168 e. The minimum Gasteiger partial charge on any atom is -0.298 e. The van der Waals surface area contributed by atoms with Gasteiger partial charge in [-0.25, -0.2) is 0 Å². The molecule has 4 aromatic rings. The van der Waals surface area contributed by atoms with Crippen molar-refractivity contribution in [2.75, 3.05) is 26.2 Å². The molecule has 1 fully saturated rings. The maximum Gasteiger partial charge on any atom is 0.168 e. The topological polar surface area (TPSA) is 62.2 Å². The number of nitrogens with zero attached hydrogens (tertiary/aromatic N) is 5. The third kappa shape index (κ3) is 6.51. The fourth-order valence-corrected chi connectivity index (χ4v) is 5.05. The number of carbonyl (C=O) groups is 1. The molecule has 198 valence electrons.